The third-order valence-electron chi connectivity index (χ3n) is 3.80. The molecule has 1 saturated carbocycles. The molecular weight excluding hydrogens is 254 g/mol. The van der Waals surface area contributed by atoms with Crippen LogP contribution < -0.4 is 16.4 Å². The highest BCUT2D eigenvalue weighted by molar-refractivity contribution is 5.67. The lowest BCUT2D eigenvalue weighted by molar-refractivity contribution is 0.0521. The fourth-order valence-electron chi connectivity index (χ4n) is 2.68. The van der Waals surface area contributed by atoms with Crippen molar-refractivity contribution in [3.8, 4) is 0 Å². The number of rotatable bonds is 6. The monoisotopic (exact) mass is 285 g/mol. The van der Waals surface area contributed by atoms with Gasteiger partial charge in [0.05, 0.1) is 0 Å². The summed E-state index contributed by atoms with van der Waals surface area (Å²) >= 11 is 0. The summed E-state index contributed by atoms with van der Waals surface area (Å²) in [7, 11) is 0. The van der Waals surface area contributed by atoms with Gasteiger partial charge >= 0.3 is 6.09 Å². The number of amides is 1. The van der Waals surface area contributed by atoms with E-state index in [2.05, 4.69) is 17.6 Å². The van der Waals surface area contributed by atoms with E-state index in [1.807, 2.05) is 20.8 Å². The summed E-state index contributed by atoms with van der Waals surface area (Å²) in [5.41, 5.74) is 5.35. The predicted octanol–water partition coefficient (Wildman–Crippen LogP) is 2.01. The second-order valence-corrected chi connectivity index (χ2v) is 6.69. The molecule has 118 valence electrons. The summed E-state index contributed by atoms with van der Waals surface area (Å²) < 4.78 is 5.25. The lowest BCUT2D eigenvalue weighted by atomic mass is 10.0. The molecule has 1 aliphatic rings. The zero-order valence-corrected chi connectivity index (χ0v) is 13.4. The normalized spacial score (nSPS) is 24.4. The fraction of sp³-hybridized carbons (Fsp3) is 0.933. The average Bonchev–Trinajstić information content (AvgIpc) is 2.79. The van der Waals surface area contributed by atoms with Crippen LogP contribution in [0, 0.1) is 5.92 Å². The van der Waals surface area contributed by atoms with Crippen molar-refractivity contribution in [2.45, 2.75) is 71.1 Å². The molecule has 5 nitrogen and oxygen atoms in total. The summed E-state index contributed by atoms with van der Waals surface area (Å²) in [4.78, 5) is 11.7. The van der Waals surface area contributed by atoms with E-state index < -0.39 is 5.60 Å². The quantitative estimate of drug-likeness (QED) is 0.697. The summed E-state index contributed by atoms with van der Waals surface area (Å²) in [5, 5.41) is 6.48. The number of hydrogen-bond acceptors (Lipinski definition) is 4. The van der Waals surface area contributed by atoms with Crippen molar-refractivity contribution in [1.82, 2.24) is 10.6 Å². The topological polar surface area (TPSA) is 76.4 Å². The van der Waals surface area contributed by atoms with Gasteiger partial charge in [0.1, 0.15) is 5.60 Å². The minimum Gasteiger partial charge on any atom is -0.444 e. The molecule has 0 aromatic heterocycles. The number of alkyl carbamates (subject to hydrolysis) is 1. The first-order valence-corrected chi connectivity index (χ1v) is 7.78. The molecule has 1 amide bonds. The van der Waals surface area contributed by atoms with Gasteiger partial charge < -0.3 is 21.1 Å². The van der Waals surface area contributed by atoms with Crippen LogP contribution in [0.5, 0.6) is 0 Å². The summed E-state index contributed by atoms with van der Waals surface area (Å²) in [5.74, 6) is 0.575. The van der Waals surface area contributed by atoms with E-state index in [-0.39, 0.29) is 12.1 Å². The first-order valence-electron chi connectivity index (χ1n) is 7.78. The average molecular weight is 285 g/mol. The molecule has 4 N–H and O–H groups in total. The Kier molecular flexibility index (Phi) is 6.76. The number of nitrogens with two attached hydrogens (primary N) is 1. The van der Waals surface area contributed by atoms with Crippen molar-refractivity contribution >= 4 is 6.09 Å². The highest BCUT2D eigenvalue weighted by Crippen LogP contribution is 2.25. The molecule has 0 aromatic carbocycles. The van der Waals surface area contributed by atoms with Gasteiger partial charge in [0.25, 0.3) is 0 Å². The van der Waals surface area contributed by atoms with E-state index in [4.69, 9.17) is 10.5 Å². The number of nitrogens with one attached hydrogen (secondary N) is 2. The molecule has 3 unspecified atom stereocenters. The molecule has 3 atom stereocenters. The fourth-order valence-corrected chi connectivity index (χ4v) is 2.68. The van der Waals surface area contributed by atoms with Crippen molar-refractivity contribution in [3.63, 3.8) is 0 Å². The maximum Gasteiger partial charge on any atom is 0.407 e. The Balaban J connectivity index is 2.34. The lowest BCUT2D eigenvalue weighted by Crippen LogP contribution is -2.48. The molecule has 5 heteroatoms. The van der Waals surface area contributed by atoms with Gasteiger partial charge in [-0.1, -0.05) is 13.3 Å². The Morgan fingerprint density at radius 3 is 2.65 bits per heavy atom. The van der Waals surface area contributed by atoms with Crippen LogP contribution in [0.4, 0.5) is 4.79 Å². The first kappa shape index (κ1) is 17.2. The maximum atomic E-state index is 11.7. The third-order valence-corrected chi connectivity index (χ3v) is 3.80. The summed E-state index contributed by atoms with van der Waals surface area (Å²) in [6.45, 7) is 9.07. The molecule has 0 spiro atoms. The summed E-state index contributed by atoms with van der Waals surface area (Å²) in [6, 6.07) is 0.769. The smallest absolute Gasteiger partial charge is 0.407 e. The number of carbonyl (C=O) groups excluding carboxylic acids is 1. The van der Waals surface area contributed by atoms with Gasteiger partial charge in [0.15, 0.2) is 0 Å². The molecule has 20 heavy (non-hydrogen) atoms. The van der Waals surface area contributed by atoms with E-state index >= 15 is 0 Å². The van der Waals surface area contributed by atoms with Crippen molar-refractivity contribution in [1.29, 1.82) is 0 Å². The number of carbonyl (C=O) groups is 1. The minimum atomic E-state index is -0.449. The van der Waals surface area contributed by atoms with E-state index in [1.54, 1.807) is 0 Å². The zero-order valence-electron chi connectivity index (χ0n) is 13.4. The van der Waals surface area contributed by atoms with Crippen LogP contribution in [0.3, 0.4) is 0 Å². The van der Waals surface area contributed by atoms with E-state index in [0.717, 1.165) is 13.0 Å². The Hall–Kier alpha value is -0.810. The van der Waals surface area contributed by atoms with Gasteiger partial charge in [-0.3, -0.25) is 0 Å². The predicted molar refractivity (Wildman–Crippen MR) is 81.6 cm³/mol. The van der Waals surface area contributed by atoms with Gasteiger partial charge in [-0.05, 0) is 52.5 Å². The SMILES string of the molecule is CCC(CNC(=O)OC(C)(C)C)NC1CCCC1CN. The highest BCUT2D eigenvalue weighted by Gasteiger charge is 2.27. The lowest BCUT2D eigenvalue weighted by Gasteiger charge is -2.27. The van der Waals surface area contributed by atoms with Crippen LogP contribution >= 0.6 is 0 Å². The molecule has 1 aliphatic carbocycles. The molecule has 0 saturated heterocycles. The van der Waals surface area contributed by atoms with Crippen LogP contribution in [-0.4, -0.2) is 36.9 Å². The maximum absolute atomic E-state index is 11.7. The first-order chi connectivity index (χ1) is 9.35. The molecule has 0 aliphatic heterocycles. The van der Waals surface area contributed by atoms with Crippen molar-refractivity contribution in [3.05, 3.63) is 0 Å². The van der Waals surface area contributed by atoms with Crippen LogP contribution in [-0.2, 0) is 4.74 Å². The van der Waals surface area contributed by atoms with Crippen LogP contribution in [0.15, 0.2) is 0 Å². The van der Waals surface area contributed by atoms with E-state index in [0.29, 0.717) is 18.5 Å². The largest absolute Gasteiger partial charge is 0.444 e. The number of ether oxygens (including phenoxy) is 1. The number of hydrogen-bond donors (Lipinski definition) is 3. The van der Waals surface area contributed by atoms with Crippen molar-refractivity contribution in [2.24, 2.45) is 11.7 Å². The minimum absolute atomic E-state index is 0.277. The Morgan fingerprint density at radius 2 is 2.10 bits per heavy atom. The molecule has 0 radical (unpaired) electrons. The standard InChI is InChI=1S/C15H31N3O2/c1-5-12(10-17-14(19)20-15(2,3)4)18-13-8-6-7-11(13)9-16/h11-13,18H,5-10,16H2,1-4H3,(H,17,19). The summed E-state index contributed by atoms with van der Waals surface area (Å²) in [6.07, 6.45) is 4.27. The molecular formula is C15H31N3O2. The molecule has 0 aromatic rings. The van der Waals surface area contributed by atoms with Crippen LogP contribution in [0.1, 0.15) is 53.4 Å². The Bertz CT molecular complexity index is 302. The molecule has 0 bridgehead atoms. The molecule has 0 heterocycles. The molecule has 1 fully saturated rings. The van der Waals surface area contributed by atoms with Crippen molar-refractivity contribution < 1.29 is 9.53 Å². The van der Waals surface area contributed by atoms with Gasteiger partial charge in [-0.25, -0.2) is 4.79 Å². The third kappa shape index (κ3) is 6.09. The zero-order chi connectivity index (χ0) is 15.2. The second kappa shape index (κ2) is 7.84. The van der Waals surface area contributed by atoms with Crippen molar-refractivity contribution in [2.75, 3.05) is 13.1 Å². The van der Waals surface area contributed by atoms with E-state index in [1.165, 1.54) is 19.3 Å². The van der Waals surface area contributed by atoms with E-state index in [9.17, 15) is 4.79 Å². The van der Waals surface area contributed by atoms with Crippen LogP contribution in [0.25, 0.3) is 0 Å². The van der Waals surface area contributed by atoms with Gasteiger partial charge in [0.2, 0.25) is 0 Å². The van der Waals surface area contributed by atoms with Gasteiger partial charge in [-0.15, -0.1) is 0 Å². The second-order valence-electron chi connectivity index (χ2n) is 6.69. The Labute approximate surface area is 123 Å². The Morgan fingerprint density at radius 1 is 1.40 bits per heavy atom. The molecule has 1 rings (SSSR count). The van der Waals surface area contributed by atoms with Gasteiger partial charge in [-0.2, -0.15) is 0 Å². The van der Waals surface area contributed by atoms with Gasteiger partial charge in [0, 0.05) is 18.6 Å². The van der Waals surface area contributed by atoms with Crippen LogP contribution in [0.2, 0.25) is 0 Å². The highest BCUT2D eigenvalue weighted by atomic mass is 16.6.